The molecule has 0 amide bonds. The summed E-state index contributed by atoms with van der Waals surface area (Å²) in [5.74, 6) is 0.201. The summed E-state index contributed by atoms with van der Waals surface area (Å²) in [6.45, 7) is 4.76. The molecular formula is C14H17ClN4O2S. The fourth-order valence-electron chi connectivity index (χ4n) is 2.06. The van der Waals surface area contributed by atoms with Crippen LogP contribution >= 0.6 is 22.9 Å². The van der Waals surface area contributed by atoms with Gasteiger partial charge in [0, 0.05) is 31.1 Å². The van der Waals surface area contributed by atoms with Crippen LogP contribution in [0.25, 0.3) is 0 Å². The van der Waals surface area contributed by atoms with Gasteiger partial charge in [-0.2, -0.15) is 0 Å². The second kappa shape index (κ2) is 7.51. The van der Waals surface area contributed by atoms with Gasteiger partial charge in [0.25, 0.3) is 0 Å². The van der Waals surface area contributed by atoms with Gasteiger partial charge in [-0.3, -0.25) is 0 Å². The molecule has 0 aliphatic carbocycles. The van der Waals surface area contributed by atoms with Crippen LogP contribution in [-0.4, -0.2) is 41.3 Å². The molecule has 2 aromatic heterocycles. The van der Waals surface area contributed by atoms with Crippen molar-refractivity contribution in [3.05, 3.63) is 33.4 Å². The predicted molar refractivity (Wildman–Crippen MR) is 86.8 cm³/mol. The van der Waals surface area contributed by atoms with Gasteiger partial charge in [0.15, 0.2) is 11.0 Å². The van der Waals surface area contributed by atoms with Gasteiger partial charge >= 0.3 is 5.97 Å². The molecule has 1 unspecified atom stereocenters. The quantitative estimate of drug-likeness (QED) is 0.753. The Balaban J connectivity index is 2.21. The minimum atomic E-state index is -0.456. The Kier molecular flexibility index (Phi) is 5.68. The zero-order valence-corrected chi connectivity index (χ0v) is 14.2. The van der Waals surface area contributed by atoms with Crippen LogP contribution in [0, 0.1) is 0 Å². The number of esters is 1. The Morgan fingerprint density at radius 2 is 2.27 bits per heavy atom. The Bertz CT molecular complexity index is 636. The molecule has 22 heavy (non-hydrogen) atoms. The van der Waals surface area contributed by atoms with Crippen molar-refractivity contribution in [1.82, 2.24) is 15.2 Å². The smallest absolute Gasteiger partial charge is 0.342 e. The van der Waals surface area contributed by atoms with Crippen LogP contribution in [-0.2, 0) is 4.74 Å². The Labute approximate surface area is 138 Å². The van der Waals surface area contributed by atoms with Crippen LogP contribution in [0.4, 0.5) is 5.82 Å². The SMILES string of the molecule is CCOC(=O)c1cc(Cl)nnc1N(C)CC(C)c1nccs1. The highest BCUT2D eigenvalue weighted by Crippen LogP contribution is 2.24. The first kappa shape index (κ1) is 16.6. The highest BCUT2D eigenvalue weighted by atomic mass is 35.5. The van der Waals surface area contributed by atoms with E-state index < -0.39 is 5.97 Å². The molecule has 0 bridgehead atoms. The van der Waals surface area contributed by atoms with Crippen molar-refractivity contribution in [2.75, 3.05) is 25.1 Å². The summed E-state index contributed by atoms with van der Waals surface area (Å²) in [5, 5.41) is 11.0. The van der Waals surface area contributed by atoms with Crippen LogP contribution in [0.2, 0.25) is 5.15 Å². The molecule has 0 saturated heterocycles. The lowest BCUT2D eigenvalue weighted by molar-refractivity contribution is 0.0526. The topological polar surface area (TPSA) is 68.2 Å². The average Bonchev–Trinajstić information content (AvgIpc) is 3.01. The molecule has 118 valence electrons. The fourth-order valence-corrected chi connectivity index (χ4v) is 2.89. The molecular weight excluding hydrogens is 324 g/mol. The zero-order valence-electron chi connectivity index (χ0n) is 12.6. The van der Waals surface area contributed by atoms with E-state index in [9.17, 15) is 4.79 Å². The molecule has 8 heteroatoms. The minimum Gasteiger partial charge on any atom is -0.462 e. The molecule has 0 radical (unpaired) electrons. The molecule has 0 N–H and O–H groups in total. The highest BCUT2D eigenvalue weighted by Gasteiger charge is 2.21. The Morgan fingerprint density at radius 1 is 1.50 bits per heavy atom. The Hall–Kier alpha value is -1.73. The largest absolute Gasteiger partial charge is 0.462 e. The first-order valence-corrected chi connectivity index (χ1v) is 8.09. The molecule has 2 heterocycles. The van der Waals surface area contributed by atoms with E-state index in [4.69, 9.17) is 16.3 Å². The summed E-state index contributed by atoms with van der Waals surface area (Å²) in [4.78, 5) is 18.2. The van der Waals surface area contributed by atoms with Gasteiger partial charge < -0.3 is 9.64 Å². The van der Waals surface area contributed by atoms with Crippen molar-refractivity contribution in [2.45, 2.75) is 19.8 Å². The number of halogens is 1. The molecule has 0 aromatic carbocycles. The van der Waals surface area contributed by atoms with Gasteiger partial charge in [-0.25, -0.2) is 9.78 Å². The van der Waals surface area contributed by atoms with E-state index in [-0.39, 0.29) is 17.7 Å². The lowest BCUT2D eigenvalue weighted by Crippen LogP contribution is -2.26. The normalized spacial score (nSPS) is 12.0. The molecule has 0 fully saturated rings. The summed E-state index contributed by atoms with van der Waals surface area (Å²) >= 11 is 7.45. The lowest BCUT2D eigenvalue weighted by atomic mass is 10.1. The number of carbonyl (C=O) groups is 1. The number of thiazole rings is 1. The maximum atomic E-state index is 12.1. The summed E-state index contributed by atoms with van der Waals surface area (Å²) in [7, 11) is 1.85. The van der Waals surface area contributed by atoms with E-state index in [1.54, 1.807) is 24.5 Å². The molecule has 0 spiro atoms. The average molecular weight is 341 g/mol. The van der Waals surface area contributed by atoms with Crippen molar-refractivity contribution >= 4 is 34.7 Å². The van der Waals surface area contributed by atoms with Crippen LogP contribution in [0.3, 0.4) is 0 Å². The summed E-state index contributed by atoms with van der Waals surface area (Å²) in [6.07, 6.45) is 1.78. The van der Waals surface area contributed by atoms with Crippen LogP contribution in [0.15, 0.2) is 17.6 Å². The number of aromatic nitrogens is 3. The number of nitrogens with zero attached hydrogens (tertiary/aromatic N) is 4. The molecule has 1 atom stereocenters. The second-order valence-electron chi connectivity index (χ2n) is 4.78. The van der Waals surface area contributed by atoms with E-state index in [1.165, 1.54) is 6.07 Å². The van der Waals surface area contributed by atoms with Gasteiger partial charge in [0.05, 0.1) is 11.6 Å². The fraction of sp³-hybridized carbons (Fsp3) is 0.429. The number of ether oxygens (including phenoxy) is 1. The van der Waals surface area contributed by atoms with Crippen molar-refractivity contribution in [3.63, 3.8) is 0 Å². The van der Waals surface area contributed by atoms with E-state index in [0.717, 1.165) is 5.01 Å². The van der Waals surface area contributed by atoms with Crippen LogP contribution in [0.5, 0.6) is 0 Å². The molecule has 2 aromatic rings. The predicted octanol–water partition coefficient (Wildman–Crippen LogP) is 3.00. The first-order valence-electron chi connectivity index (χ1n) is 6.83. The van der Waals surface area contributed by atoms with Gasteiger partial charge in [0.2, 0.25) is 0 Å². The molecule has 0 saturated carbocycles. The molecule has 0 aliphatic heterocycles. The van der Waals surface area contributed by atoms with Crippen molar-refractivity contribution in [2.24, 2.45) is 0 Å². The van der Waals surface area contributed by atoms with E-state index in [1.807, 2.05) is 17.3 Å². The maximum Gasteiger partial charge on any atom is 0.342 e. The lowest BCUT2D eigenvalue weighted by Gasteiger charge is -2.22. The monoisotopic (exact) mass is 340 g/mol. The zero-order chi connectivity index (χ0) is 16.1. The third-order valence-corrected chi connectivity index (χ3v) is 4.21. The van der Waals surface area contributed by atoms with E-state index >= 15 is 0 Å². The highest BCUT2D eigenvalue weighted by molar-refractivity contribution is 7.09. The summed E-state index contributed by atoms with van der Waals surface area (Å²) in [6, 6.07) is 1.48. The van der Waals surface area contributed by atoms with Gasteiger partial charge in [0.1, 0.15) is 5.56 Å². The van der Waals surface area contributed by atoms with Crippen molar-refractivity contribution < 1.29 is 9.53 Å². The van der Waals surface area contributed by atoms with Crippen LogP contribution < -0.4 is 4.90 Å². The van der Waals surface area contributed by atoms with E-state index in [0.29, 0.717) is 17.9 Å². The third kappa shape index (κ3) is 3.92. The van der Waals surface area contributed by atoms with Crippen LogP contribution in [0.1, 0.15) is 35.1 Å². The number of rotatable bonds is 6. The third-order valence-electron chi connectivity index (χ3n) is 3.02. The molecule has 2 rings (SSSR count). The van der Waals surface area contributed by atoms with Crippen molar-refractivity contribution in [1.29, 1.82) is 0 Å². The number of carbonyl (C=O) groups excluding carboxylic acids is 1. The molecule has 6 nitrogen and oxygen atoms in total. The van der Waals surface area contributed by atoms with E-state index in [2.05, 4.69) is 22.1 Å². The van der Waals surface area contributed by atoms with Crippen molar-refractivity contribution in [3.8, 4) is 0 Å². The summed E-state index contributed by atoms with van der Waals surface area (Å²) < 4.78 is 5.05. The molecule has 0 aliphatic rings. The second-order valence-corrected chi connectivity index (χ2v) is 6.09. The minimum absolute atomic E-state index is 0.160. The standard InChI is InChI=1S/C14H17ClN4O2S/c1-4-21-14(20)10-7-11(15)17-18-12(10)19(3)8-9(2)13-16-5-6-22-13/h5-7,9H,4,8H2,1-3H3. The number of hydrogen-bond donors (Lipinski definition) is 0. The number of hydrogen-bond acceptors (Lipinski definition) is 7. The van der Waals surface area contributed by atoms with Gasteiger partial charge in [-0.15, -0.1) is 21.5 Å². The van der Waals surface area contributed by atoms with Gasteiger partial charge in [-0.1, -0.05) is 18.5 Å². The summed E-state index contributed by atoms with van der Waals surface area (Å²) in [5.41, 5.74) is 0.315. The number of anilines is 1. The maximum absolute atomic E-state index is 12.1. The Morgan fingerprint density at radius 3 is 2.91 bits per heavy atom. The number of likely N-dealkylation sites (N-methyl/N-ethyl adjacent to an activating group) is 1. The van der Waals surface area contributed by atoms with Gasteiger partial charge in [-0.05, 0) is 13.0 Å². The first-order chi connectivity index (χ1) is 10.5.